The molecule has 1 aromatic heterocycles. The van der Waals surface area contributed by atoms with E-state index in [1.165, 1.54) is 12.1 Å². The summed E-state index contributed by atoms with van der Waals surface area (Å²) in [6.45, 7) is 4.88. The second-order valence-corrected chi connectivity index (χ2v) is 4.87. The molecule has 5 nitrogen and oxygen atoms in total. The minimum Gasteiger partial charge on any atom is -0.396 e. The molecule has 2 aromatic rings. The highest BCUT2D eigenvalue weighted by atomic mass is 19.1. The third-order valence-electron chi connectivity index (χ3n) is 3.31. The summed E-state index contributed by atoms with van der Waals surface area (Å²) in [6.07, 6.45) is 2.27. The summed E-state index contributed by atoms with van der Waals surface area (Å²) in [6, 6.07) is 4.64. The number of hydrogen-bond acceptors (Lipinski definition) is 3. The fraction of sp³-hybridized carbons (Fsp3) is 0.333. The van der Waals surface area contributed by atoms with Gasteiger partial charge in [0.1, 0.15) is 5.82 Å². The van der Waals surface area contributed by atoms with Crippen molar-refractivity contribution in [3.63, 3.8) is 0 Å². The Balaban J connectivity index is 1.93. The highest BCUT2D eigenvalue weighted by molar-refractivity contribution is 5.96. The number of nitrogen functional groups attached to an aromatic ring is 1. The van der Waals surface area contributed by atoms with Crippen molar-refractivity contribution in [3.05, 3.63) is 47.0 Å². The van der Waals surface area contributed by atoms with Crippen molar-refractivity contribution in [1.29, 1.82) is 0 Å². The van der Waals surface area contributed by atoms with Gasteiger partial charge in [-0.05, 0) is 43.5 Å². The maximum Gasteiger partial charge on any atom is 0.273 e. The van der Waals surface area contributed by atoms with Gasteiger partial charge in [0.15, 0.2) is 5.69 Å². The van der Waals surface area contributed by atoms with Crippen molar-refractivity contribution >= 4 is 11.6 Å². The molecular weight excluding hydrogens is 271 g/mol. The van der Waals surface area contributed by atoms with Gasteiger partial charge < -0.3 is 11.1 Å². The van der Waals surface area contributed by atoms with Crippen LogP contribution in [0.4, 0.5) is 10.1 Å². The van der Waals surface area contributed by atoms with E-state index in [0.29, 0.717) is 25.2 Å². The van der Waals surface area contributed by atoms with Gasteiger partial charge in [0, 0.05) is 19.3 Å². The quantitative estimate of drug-likeness (QED) is 0.883. The lowest BCUT2D eigenvalue weighted by atomic mass is 10.1. The topological polar surface area (TPSA) is 72.9 Å². The van der Waals surface area contributed by atoms with E-state index < -0.39 is 0 Å². The van der Waals surface area contributed by atoms with Gasteiger partial charge in [-0.15, -0.1) is 0 Å². The second-order valence-electron chi connectivity index (χ2n) is 4.87. The third kappa shape index (κ3) is 3.59. The molecular formula is C15H19FN4O. The Morgan fingerprint density at radius 3 is 2.86 bits per heavy atom. The molecule has 0 unspecified atom stereocenters. The summed E-state index contributed by atoms with van der Waals surface area (Å²) >= 11 is 0. The number of nitrogens with zero attached hydrogens (tertiary/aromatic N) is 2. The van der Waals surface area contributed by atoms with E-state index in [1.807, 2.05) is 13.8 Å². The fourth-order valence-electron chi connectivity index (χ4n) is 2.11. The monoisotopic (exact) mass is 290 g/mol. The normalized spacial score (nSPS) is 10.6. The minimum absolute atomic E-state index is 0.243. The fourth-order valence-corrected chi connectivity index (χ4v) is 2.11. The van der Waals surface area contributed by atoms with E-state index in [4.69, 9.17) is 5.73 Å². The van der Waals surface area contributed by atoms with Crippen molar-refractivity contribution in [2.24, 2.45) is 0 Å². The molecule has 0 atom stereocenters. The maximum absolute atomic E-state index is 13.0. The van der Waals surface area contributed by atoms with E-state index in [-0.39, 0.29) is 17.4 Å². The molecule has 0 radical (unpaired) electrons. The second kappa shape index (κ2) is 6.39. The number of benzene rings is 1. The highest BCUT2D eigenvalue weighted by Crippen LogP contribution is 2.11. The van der Waals surface area contributed by atoms with Crippen molar-refractivity contribution in [3.8, 4) is 0 Å². The number of aryl methyl sites for hydroxylation is 2. The van der Waals surface area contributed by atoms with Gasteiger partial charge in [0.05, 0.1) is 5.69 Å². The molecule has 6 heteroatoms. The Labute approximate surface area is 123 Å². The number of carbonyl (C=O) groups is 1. The Morgan fingerprint density at radius 2 is 2.24 bits per heavy atom. The van der Waals surface area contributed by atoms with Crippen molar-refractivity contribution in [1.82, 2.24) is 15.1 Å². The van der Waals surface area contributed by atoms with E-state index in [2.05, 4.69) is 10.4 Å². The van der Waals surface area contributed by atoms with Crippen LogP contribution in [0.2, 0.25) is 0 Å². The van der Waals surface area contributed by atoms with Crippen LogP contribution in [0.3, 0.4) is 0 Å². The van der Waals surface area contributed by atoms with Crippen LogP contribution < -0.4 is 11.1 Å². The van der Waals surface area contributed by atoms with E-state index in [1.54, 1.807) is 16.9 Å². The molecule has 0 fully saturated rings. The summed E-state index contributed by atoms with van der Waals surface area (Å²) in [5.41, 5.74) is 8.24. The molecule has 0 aliphatic heterocycles. The first-order valence-electron chi connectivity index (χ1n) is 6.87. The number of halogens is 1. The van der Waals surface area contributed by atoms with Gasteiger partial charge in [-0.2, -0.15) is 5.10 Å². The highest BCUT2D eigenvalue weighted by Gasteiger charge is 2.14. The van der Waals surface area contributed by atoms with Crippen LogP contribution in [0.25, 0.3) is 0 Å². The van der Waals surface area contributed by atoms with Crippen LogP contribution >= 0.6 is 0 Å². The van der Waals surface area contributed by atoms with Crippen LogP contribution in [0.5, 0.6) is 0 Å². The molecule has 0 spiro atoms. The summed E-state index contributed by atoms with van der Waals surface area (Å²) < 4.78 is 14.6. The van der Waals surface area contributed by atoms with Crippen LogP contribution in [0.1, 0.15) is 28.5 Å². The third-order valence-corrected chi connectivity index (χ3v) is 3.31. The number of rotatable bonds is 5. The Morgan fingerprint density at radius 1 is 1.48 bits per heavy atom. The molecule has 1 aromatic carbocycles. The van der Waals surface area contributed by atoms with E-state index in [0.717, 1.165) is 11.1 Å². The van der Waals surface area contributed by atoms with Crippen LogP contribution in [-0.4, -0.2) is 22.2 Å². The zero-order chi connectivity index (χ0) is 15.4. The maximum atomic E-state index is 13.0. The number of nitrogens with two attached hydrogens (primary N) is 1. The Kier molecular flexibility index (Phi) is 4.57. The number of carbonyl (C=O) groups excluding carboxylic acids is 1. The SMILES string of the molecule is CCn1cc(N)c(C(=O)NCCc2ccc(F)cc2C)n1. The molecule has 0 aliphatic rings. The molecule has 1 amide bonds. The van der Waals surface area contributed by atoms with E-state index in [9.17, 15) is 9.18 Å². The number of nitrogens with one attached hydrogen (secondary N) is 1. The first-order chi connectivity index (χ1) is 10.0. The van der Waals surface area contributed by atoms with Gasteiger partial charge >= 0.3 is 0 Å². The van der Waals surface area contributed by atoms with Gasteiger partial charge in [-0.25, -0.2) is 4.39 Å². The first-order valence-corrected chi connectivity index (χ1v) is 6.87. The van der Waals surface area contributed by atoms with Crippen molar-refractivity contribution in [2.45, 2.75) is 26.8 Å². The average molecular weight is 290 g/mol. The number of aromatic nitrogens is 2. The predicted octanol–water partition coefficient (Wildman–Crippen LogP) is 1.91. The minimum atomic E-state index is -0.292. The molecule has 21 heavy (non-hydrogen) atoms. The Hall–Kier alpha value is -2.37. The number of hydrogen-bond donors (Lipinski definition) is 2. The molecule has 112 valence electrons. The molecule has 1 heterocycles. The summed E-state index contributed by atoms with van der Waals surface area (Å²) in [4.78, 5) is 12.0. The molecule has 0 saturated heterocycles. The number of amides is 1. The lowest BCUT2D eigenvalue weighted by molar-refractivity contribution is 0.0949. The van der Waals surface area contributed by atoms with Gasteiger partial charge in [0.25, 0.3) is 5.91 Å². The van der Waals surface area contributed by atoms with Gasteiger partial charge in [-0.1, -0.05) is 6.07 Å². The molecule has 0 bridgehead atoms. The summed E-state index contributed by atoms with van der Waals surface area (Å²) in [7, 11) is 0. The standard InChI is InChI=1S/C15H19FN4O/c1-3-20-9-13(17)14(19-20)15(21)18-7-6-11-4-5-12(16)8-10(11)2/h4-5,8-9H,3,6-7,17H2,1-2H3,(H,18,21). The largest absolute Gasteiger partial charge is 0.396 e. The average Bonchev–Trinajstić information content (AvgIpc) is 2.82. The molecule has 0 saturated carbocycles. The smallest absolute Gasteiger partial charge is 0.273 e. The van der Waals surface area contributed by atoms with Crippen LogP contribution in [0, 0.1) is 12.7 Å². The first kappa shape index (κ1) is 15.0. The molecule has 3 N–H and O–H groups in total. The molecule has 2 rings (SSSR count). The summed E-state index contributed by atoms with van der Waals surface area (Å²) in [5.74, 6) is -0.544. The van der Waals surface area contributed by atoms with Gasteiger partial charge in [0.2, 0.25) is 0 Å². The number of anilines is 1. The van der Waals surface area contributed by atoms with Crippen molar-refractivity contribution < 1.29 is 9.18 Å². The predicted molar refractivity (Wildman–Crippen MR) is 79.5 cm³/mol. The summed E-state index contributed by atoms with van der Waals surface area (Å²) in [5, 5.41) is 6.89. The zero-order valence-corrected chi connectivity index (χ0v) is 12.2. The lowest BCUT2D eigenvalue weighted by Gasteiger charge is -2.07. The molecule has 0 aliphatic carbocycles. The zero-order valence-electron chi connectivity index (χ0n) is 12.2. The van der Waals surface area contributed by atoms with Crippen LogP contribution in [0.15, 0.2) is 24.4 Å². The van der Waals surface area contributed by atoms with Crippen molar-refractivity contribution in [2.75, 3.05) is 12.3 Å². The van der Waals surface area contributed by atoms with Crippen LogP contribution in [-0.2, 0) is 13.0 Å². The van der Waals surface area contributed by atoms with Gasteiger partial charge in [-0.3, -0.25) is 9.48 Å². The lowest BCUT2D eigenvalue weighted by Crippen LogP contribution is -2.27. The Bertz CT molecular complexity index is 651. The van der Waals surface area contributed by atoms with E-state index >= 15 is 0 Å².